The molecule has 0 saturated carbocycles. The van der Waals surface area contributed by atoms with E-state index in [1.807, 2.05) is 12.1 Å². The molecule has 2 aromatic heterocycles. The fourth-order valence-electron chi connectivity index (χ4n) is 2.52. The summed E-state index contributed by atoms with van der Waals surface area (Å²) in [5, 5.41) is 15.1. The van der Waals surface area contributed by atoms with Gasteiger partial charge in [0.1, 0.15) is 5.00 Å². The van der Waals surface area contributed by atoms with E-state index in [1.165, 1.54) is 11.3 Å². The number of anilines is 1. The number of hydrogen-bond donors (Lipinski definition) is 4. The van der Waals surface area contributed by atoms with Gasteiger partial charge in [-0.2, -0.15) is 0 Å². The first-order chi connectivity index (χ1) is 11.7. The highest BCUT2D eigenvalue weighted by molar-refractivity contribution is 7.18. The second-order valence-corrected chi connectivity index (χ2v) is 6.58. The first-order valence-corrected chi connectivity index (χ1v) is 8.70. The average molecular weight is 345 g/mol. The molecule has 4 N–H and O–H groups in total. The normalized spacial score (nSPS) is 14.7. The van der Waals surface area contributed by atoms with E-state index in [9.17, 15) is 9.59 Å². The number of rotatable bonds is 7. The molecule has 3 heterocycles. The van der Waals surface area contributed by atoms with Gasteiger partial charge >= 0.3 is 0 Å². The molecule has 0 radical (unpaired) electrons. The van der Waals surface area contributed by atoms with Crippen molar-refractivity contribution in [1.82, 2.24) is 10.3 Å². The SMILES string of the molecule is O=C1Nc2sc(C(=O)NCCCCCO)cc2C1=Cc1ccc[nH]1. The minimum atomic E-state index is -0.151. The largest absolute Gasteiger partial charge is 0.396 e. The minimum Gasteiger partial charge on any atom is -0.396 e. The molecular formula is C17H19N3O3S. The molecule has 6 nitrogen and oxygen atoms in total. The number of unbranched alkanes of at least 4 members (excludes halogenated alkanes) is 2. The van der Waals surface area contributed by atoms with Crippen molar-refractivity contribution in [3.63, 3.8) is 0 Å². The number of aromatic amines is 1. The lowest BCUT2D eigenvalue weighted by atomic mass is 10.1. The Bertz CT molecular complexity index is 762. The third kappa shape index (κ3) is 3.58. The van der Waals surface area contributed by atoms with Crippen molar-refractivity contribution in [3.05, 3.63) is 40.5 Å². The fraction of sp³-hybridized carbons (Fsp3) is 0.294. The number of hydrogen-bond acceptors (Lipinski definition) is 4. The molecule has 0 aromatic carbocycles. The lowest BCUT2D eigenvalue weighted by Crippen LogP contribution is -2.23. The van der Waals surface area contributed by atoms with Crippen molar-refractivity contribution in [2.75, 3.05) is 18.5 Å². The van der Waals surface area contributed by atoms with Gasteiger partial charge in [0.25, 0.3) is 11.8 Å². The highest BCUT2D eigenvalue weighted by Crippen LogP contribution is 2.39. The van der Waals surface area contributed by atoms with Crippen molar-refractivity contribution >= 4 is 39.8 Å². The molecule has 1 aliphatic rings. The Hall–Kier alpha value is -2.38. The highest BCUT2D eigenvalue weighted by atomic mass is 32.1. The van der Waals surface area contributed by atoms with E-state index >= 15 is 0 Å². The zero-order chi connectivity index (χ0) is 16.9. The Labute approximate surface area is 143 Å². The zero-order valence-corrected chi connectivity index (χ0v) is 13.9. The van der Waals surface area contributed by atoms with Crippen LogP contribution in [0.1, 0.15) is 40.2 Å². The maximum Gasteiger partial charge on any atom is 0.261 e. The number of H-pyrrole nitrogens is 1. The fourth-order valence-corrected chi connectivity index (χ4v) is 3.51. The number of aliphatic hydroxyl groups excluding tert-OH is 1. The quantitative estimate of drug-likeness (QED) is 0.459. The molecule has 0 bridgehead atoms. The standard InChI is InChI=1S/C17H19N3O3S/c21-8-3-1-2-6-19-16(23)14-10-13-12(9-11-5-4-7-18-11)15(22)20-17(13)24-14/h4-5,7,9-10,18,21H,1-3,6,8H2,(H,19,23)(H,20,22). The van der Waals surface area contributed by atoms with Crippen LogP contribution in [0.4, 0.5) is 5.00 Å². The van der Waals surface area contributed by atoms with Gasteiger partial charge in [-0.05, 0) is 43.5 Å². The molecule has 0 fully saturated rings. The second kappa shape index (κ2) is 7.46. The van der Waals surface area contributed by atoms with Crippen molar-refractivity contribution < 1.29 is 14.7 Å². The number of thiophene rings is 1. The monoisotopic (exact) mass is 345 g/mol. The molecule has 0 atom stereocenters. The lowest BCUT2D eigenvalue weighted by Gasteiger charge is -2.03. The molecule has 24 heavy (non-hydrogen) atoms. The van der Waals surface area contributed by atoms with E-state index in [4.69, 9.17) is 5.11 Å². The summed E-state index contributed by atoms with van der Waals surface area (Å²) in [4.78, 5) is 27.9. The molecule has 0 spiro atoms. The summed E-state index contributed by atoms with van der Waals surface area (Å²) in [6.45, 7) is 0.764. The molecular weight excluding hydrogens is 326 g/mol. The number of fused-ring (bicyclic) bond motifs is 1. The van der Waals surface area contributed by atoms with Crippen molar-refractivity contribution in [1.29, 1.82) is 0 Å². The van der Waals surface area contributed by atoms with Crippen LogP contribution in [0.25, 0.3) is 11.6 Å². The van der Waals surface area contributed by atoms with E-state index in [1.54, 1.807) is 18.3 Å². The highest BCUT2D eigenvalue weighted by Gasteiger charge is 2.28. The van der Waals surface area contributed by atoms with E-state index < -0.39 is 0 Å². The Morgan fingerprint density at radius 1 is 1.33 bits per heavy atom. The van der Waals surface area contributed by atoms with Crippen LogP contribution >= 0.6 is 11.3 Å². The number of amides is 2. The molecule has 2 aromatic rings. The Kier molecular flexibility index (Phi) is 5.12. The average Bonchev–Trinajstić information content (AvgIpc) is 3.26. The van der Waals surface area contributed by atoms with Crippen LogP contribution in [0.15, 0.2) is 24.4 Å². The number of carbonyl (C=O) groups excluding carboxylic acids is 2. The van der Waals surface area contributed by atoms with Crippen LogP contribution in [0, 0.1) is 0 Å². The summed E-state index contributed by atoms with van der Waals surface area (Å²) in [6.07, 6.45) is 6.05. The van der Waals surface area contributed by atoms with Gasteiger partial charge in [0.05, 0.1) is 10.5 Å². The number of carbonyl (C=O) groups is 2. The van der Waals surface area contributed by atoms with Gasteiger partial charge in [-0.15, -0.1) is 11.3 Å². The summed E-state index contributed by atoms with van der Waals surface area (Å²) >= 11 is 1.28. The van der Waals surface area contributed by atoms with Crippen LogP contribution in [-0.2, 0) is 4.79 Å². The van der Waals surface area contributed by atoms with Gasteiger partial charge in [0, 0.05) is 30.6 Å². The molecule has 3 rings (SSSR count). The molecule has 2 amide bonds. The Morgan fingerprint density at radius 3 is 2.96 bits per heavy atom. The van der Waals surface area contributed by atoms with Gasteiger partial charge in [-0.1, -0.05) is 0 Å². The molecule has 1 aliphatic heterocycles. The summed E-state index contributed by atoms with van der Waals surface area (Å²) in [6, 6.07) is 5.50. The minimum absolute atomic E-state index is 0.133. The third-order valence-corrected chi connectivity index (χ3v) is 4.81. The molecule has 7 heteroatoms. The van der Waals surface area contributed by atoms with Crippen LogP contribution in [0.3, 0.4) is 0 Å². The Balaban J connectivity index is 1.68. The number of nitrogens with one attached hydrogen (secondary N) is 3. The number of aliphatic hydroxyl groups is 1. The van der Waals surface area contributed by atoms with Gasteiger partial charge < -0.3 is 20.7 Å². The molecule has 0 unspecified atom stereocenters. The van der Waals surface area contributed by atoms with Crippen LogP contribution in [0.5, 0.6) is 0 Å². The maximum atomic E-state index is 12.2. The van der Waals surface area contributed by atoms with E-state index in [0.717, 1.165) is 30.5 Å². The summed E-state index contributed by atoms with van der Waals surface area (Å²) in [5.41, 5.74) is 2.17. The van der Waals surface area contributed by atoms with Crippen LogP contribution in [-0.4, -0.2) is 35.1 Å². The smallest absolute Gasteiger partial charge is 0.261 e. The van der Waals surface area contributed by atoms with Crippen molar-refractivity contribution in [2.24, 2.45) is 0 Å². The predicted molar refractivity (Wildman–Crippen MR) is 94.9 cm³/mol. The van der Waals surface area contributed by atoms with Crippen molar-refractivity contribution in [3.8, 4) is 0 Å². The van der Waals surface area contributed by atoms with E-state index in [2.05, 4.69) is 15.6 Å². The molecule has 126 valence electrons. The van der Waals surface area contributed by atoms with Crippen LogP contribution < -0.4 is 10.6 Å². The van der Waals surface area contributed by atoms with Gasteiger partial charge in [-0.3, -0.25) is 9.59 Å². The Morgan fingerprint density at radius 2 is 2.21 bits per heavy atom. The first kappa shape index (κ1) is 16.5. The molecule has 0 aliphatic carbocycles. The third-order valence-electron chi connectivity index (χ3n) is 3.76. The van der Waals surface area contributed by atoms with Crippen molar-refractivity contribution in [2.45, 2.75) is 19.3 Å². The summed E-state index contributed by atoms with van der Waals surface area (Å²) < 4.78 is 0. The topological polar surface area (TPSA) is 94.2 Å². The van der Waals surface area contributed by atoms with Gasteiger partial charge in [-0.25, -0.2) is 0 Å². The predicted octanol–water partition coefficient (Wildman–Crippen LogP) is 2.46. The van der Waals surface area contributed by atoms with Gasteiger partial charge in [0.2, 0.25) is 0 Å². The van der Waals surface area contributed by atoms with Gasteiger partial charge in [0.15, 0.2) is 0 Å². The second-order valence-electron chi connectivity index (χ2n) is 5.53. The van der Waals surface area contributed by atoms with E-state index in [-0.39, 0.29) is 18.4 Å². The van der Waals surface area contributed by atoms with Crippen LogP contribution in [0.2, 0.25) is 0 Å². The summed E-state index contributed by atoms with van der Waals surface area (Å²) in [5.74, 6) is -0.284. The van der Waals surface area contributed by atoms with E-state index in [0.29, 0.717) is 22.0 Å². The first-order valence-electron chi connectivity index (χ1n) is 7.88. The number of aromatic nitrogens is 1. The zero-order valence-electron chi connectivity index (χ0n) is 13.1. The maximum absolute atomic E-state index is 12.2. The lowest BCUT2D eigenvalue weighted by molar-refractivity contribution is -0.110. The molecule has 0 saturated heterocycles. The summed E-state index contributed by atoms with van der Waals surface area (Å²) in [7, 11) is 0.